The Kier molecular flexibility index (Phi) is 44.4. The maximum Gasteiger partial charge on any atom is 0.305 e. The van der Waals surface area contributed by atoms with Crippen LogP contribution >= 0.6 is 0 Å². The zero-order valence-corrected chi connectivity index (χ0v) is 36.8. The van der Waals surface area contributed by atoms with Gasteiger partial charge in [-0.05, 0) is 25.7 Å². The van der Waals surface area contributed by atoms with Crippen molar-refractivity contribution in [2.45, 2.75) is 284 Å². The lowest BCUT2D eigenvalue weighted by Crippen LogP contribution is -2.32. The van der Waals surface area contributed by atoms with Gasteiger partial charge < -0.3 is 9.64 Å². The number of nitrogens with zero attached hydrogens (tertiary/aromatic N) is 1. The average Bonchev–Trinajstić information content (AvgIpc) is 3.17. The van der Waals surface area contributed by atoms with E-state index in [1.807, 2.05) is 0 Å². The minimum Gasteiger partial charge on any atom is -0.469 e. The first-order chi connectivity index (χ1) is 26.2. The monoisotopic (exact) mass is 748 g/mol. The Bertz CT molecular complexity index is 689. The molecule has 4 heteroatoms. The molecule has 4 nitrogen and oxygen atoms in total. The molecule has 0 unspecified atom stereocenters. The summed E-state index contributed by atoms with van der Waals surface area (Å²) in [5, 5.41) is 0. The third kappa shape index (κ3) is 41.9. The van der Waals surface area contributed by atoms with Crippen LogP contribution in [0.3, 0.4) is 0 Å². The Morgan fingerprint density at radius 3 is 0.811 bits per heavy atom. The molecule has 0 aliphatic carbocycles. The molecule has 0 rings (SSSR count). The molecule has 0 aliphatic rings. The van der Waals surface area contributed by atoms with Crippen molar-refractivity contribution in [1.82, 2.24) is 4.90 Å². The van der Waals surface area contributed by atoms with Gasteiger partial charge in [-0.1, -0.05) is 245 Å². The first-order valence-electron chi connectivity index (χ1n) is 24.5. The maximum absolute atomic E-state index is 13.3. The first-order valence-corrected chi connectivity index (χ1v) is 24.5. The van der Waals surface area contributed by atoms with Crippen LogP contribution in [0, 0.1) is 0 Å². The molecule has 0 saturated heterocycles. The molecule has 0 spiro atoms. The zero-order chi connectivity index (χ0) is 38.6. The van der Waals surface area contributed by atoms with Gasteiger partial charge in [0.05, 0.1) is 7.11 Å². The van der Waals surface area contributed by atoms with Gasteiger partial charge in [-0.15, -0.1) is 0 Å². The lowest BCUT2D eigenvalue weighted by Gasteiger charge is -2.23. The number of carbonyl (C=O) groups is 2. The molecule has 0 heterocycles. The molecule has 0 atom stereocenters. The normalized spacial score (nSPS) is 11.4. The number of unbranched alkanes of at least 4 members (excludes halogenated alkanes) is 37. The third-order valence-electron chi connectivity index (χ3n) is 11.7. The van der Waals surface area contributed by atoms with Gasteiger partial charge in [0.1, 0.15) is 0 Å². The highest BCUT2D eigenvalue weighted by molar-refractivity contribution is 5.76. The SMILES string of the molecule is CCCCCCCCCCCCCCCCCCN(CCCCCCCCCCCCCCCCCC)C(=O)CCCCCCCCCCC(=O)OC. The molecule has 0 fully saturated rings. The molecule has 53 heavy (non-hydrogen) atoms. The van der Waals surface area contributed by atoms with Gasteiger partial charge in [-0.25, -0.2) is 0 Å². The van der Waals surface area contributed by atoms with Crippen LogP contribution in [0.4, 0.5) is 0 Å². The molecular formula is C49H97NO3. The van der Waals surface area contributed by atoms with Crippen LogP contribution in [0.1, 0.15) is 284 Å². The zero-order valence-electron chi connectivity index (χ0n) is 36.8. The first kappa shape index (κ1) is 51.9. The van der Waals surface area contributed by atoms with Crippen LogP contribution < -0.4 is 0 Å². The molecule has 0 aromatic carbocycles. The Labute approximate surface area is 333 Å². The standard InChI is InChI=1S/C49H97NO3/c1-4-6-8-10-12-14-16-18-20-22-24-26-30-34-38-42-46-50(48(51)44-40-36-32-28-29-33-37-41-45-49(52)53-3)47-43-39-35-31-27-25-23-21-19-17-15-13-11-9-7-5-2/h4-47H2,1-3H3. The molecule has 0 bridgehead atoms. The Morgan fingerprint density at radius 2 is 0.547 bits per heavy atom. The highest BCUT2D eigenvalue weighted by Gasteiger charge is 2.13. The lowest BCUT2D eigenvalue weighted by atomic mass is 10.0. The van der Waals surface area contributed by atoms with Crippen molar-refractivity contribution in [2.24, 2.45) is 0 Å². The molecule has 0 saturated carbocycles. The minimum atomic E-state index is -0.0895. The van der Waals surface area contributed by atoms with Crippen molar-refractivity contribution in [2.75, 3.05) is 20.2 Å². The van der Waals surface area contributed by atoms with E-state index >= 15 is 0 Å². The third-order valence-corrected chi connectivity index (χ3v) is 11.7. The van der Waals surface area contributed by atoms with Crippen molar-refractivity contribution >= 4 is 11.9 Å². The van der Waals surface area contributed by atoms with Gasteiger partial charge in [0.25, 0.3) is 0 Å². The van der Waals surface area contributed by atoms with E-state index in [4.69, 9.17) is 4.74 Å². The minimum absolute atomic E-state index is 0.0895. The predicted octanol–water partition coefficient (Wildman–Crippen LogP) is 16.4. The second kappa shape index (κ2) is 45.3. The van der Waals surface area contributed by atoms with Gasteiger partial charge in [0, 0.05) is 25.9 Å². The summed E-state index contributed by atoms with van der Waals surface area (Å²) >= 11 is 0. The number of esters is 1. The van der Waals surface area contributed by atoms with E-state index in [-0.39, 0.29) is 5.97 Å². The second-order valence-electron chi connectivity index (χ2n) is 16.9. The summed E-state index contributed by atoms with van der Waals surface area (Å²) in [5.74, 6) is 0.322. The molecule has 1 amide bonds. The summed E-state index contributed by atoms with van der Waals surface area (Å²) in [7, 11) is 1.47. The van der Waals surface area contributed by atoms with E-state index in [9.17, 15) is 9.59 Å². The van der Waals surface area contributed by atoms with Crippen LogP contribution in [-0.2, 0) is 14.3 Å². The van der Waals surface area contributed by atoms with Crippen molar-refractivity contribution in [3.63, 3.8) is 0 Å². The number of hydrogen-bond acceptors (Lipinski definition) is 3. The van der Waals surface area contributed by atoms with E-state index in [0.29, 0.717) is 12.3 Å². The van der Waals surface area contributed by atoms with Gasteiger partial charge in [-0.3, -0.25) is 9.59 Å². The number of amides is 1. The van der Waals surface area contributed by atoms with Gasteiger partial charge in [0.15, 0.2) is 0 Å². The van der Waals surface area contributed by atoms with Crippen LogP contribution in [0.15, 0.2) is 0 Å². The summed E-state index contributed by atoms with van der Waals surface area (Å²) < 4.78 is 4.73. The van der Waals surface area contributed by atoms with E-state index < -0.39 is 0 Å². The maximum atomic E-state index is 13.3. The largest absolute Gasteiger partial charge is 0.469 e. The van der Waals surface area contributed by atoms with Gasteiger partial charge in [-0.2, -0.15) is 0 Å². The fourth-order valence-electron chi connectivity index (χ4n) is 7.93. The molecule has 316 valence electrons. The van der Waals surface area contributed by atoms with Gasteiger partial charge in [0.2, 0.25) is 5.91 Å². The lowest BCUT2D eigenvalue weighted by molar-refractivity contribution is -0.140. The fraction of sp³-hybridized carbons (Fsp3) is 0.959. The number of methoxy groups -OCH3 is 1. The van der Waals surface area contributed by atoms with Crippen LogP contribution in [-0.4, -0.2) is 37.0 Å². The number of ether oxygens (including phenoxy) is 1. The van der Waals surface area contributed by atoms with E-state index in [0.717, 1.165) is 38.8 Å². The van der Waals surface area contributed by atoms with Crippen molar-refractivity contribution in [1.29, 1.82) is 0 Å². The molecule has 0 N–H and O–H groups in total. The summed E-state index contributed by atoms with van der Waals surface area (Å²) in [5.41, 5.74) is 0. The molecule has 0 radical (unpaired) electrons. The molecule has 0 aliphatic heterocycles. The summed E-state index contributed by atoms with van der Waals surface area (Å²) in [6, 6.07) is 0. The molecule has 0 aromatic heterocycles. The van der Waals surface area contributed by atoms with Crippen LogP contribution in [0.5, 0.6) is 0 Å². The molecular weight excluding hydrogens is 651 g/mol. The van der Waals surface area contributed by atoms with Gasteiger partial charge >= 0.3 is 5.97 Å². The van der Waals surface area contributed by atoms with E-state index in [2.05, 4.69) is 18.7 Å². The average molecular weight is 748 g/mol. The quantitative estimate of drug-likeness (QED) is 0.0460. The fourth-order valence-corrected chi connectivity index (χ4v) is 7.93. The summed E-state index contributed by atoms with van der Waals surface area (Å²) in [6.07, 6.45) is 55.0. The van der Waals surface area contributed by atoms with Crippen molar-refractivity contribution in [3.05, 3.63) is 0 Å². The Morgan fingerprint density at radius 1 is 0.321 bits per heavy atom. The highest BCUT2D eigenvalue weighted by atomic mass is 16.5. The Balaban J connectivity index is 4.08. The second-order valence-corrected chi connectivity index (χ2v) is 16.9. The number of rotatable bonds is 45. The number of carbonyl (C=O) groups excluding carboxylic acids is 2. The highest BCUT2D eigenvalue weighted by Crippen LogP contribution is 2.17. The van der Waals surface area contributed by atoms with Crippen molar-refractivity contribution < 1.29 is 14.3 Å². The summed E-state index contributed by atoms with van der Waals surface area (Å²) in [4.78, 5) is 26.8. The predicted molar refractivity (Wildman–Crippen MR) is 234 cm³/mol. The Hall–Kier alpha value is -1.06. The van der Waals surface area contributed by atoms with E-state index in [1.54, 1.807) is 0 Å². The van der Waals surface area contributed by atoms with Crippen LogP contribution in [0.2, 0.25) is 0 Å². The summed E-state index contributed by atoms with van der Waals surface area (Å²) in [6.45, 7) is 6.55. The molecule has 0 aromatic rings. The van der Waals surface area contributed by atoms with Crippen molar-refractivity contribution in [3.8, 4) is 0 Å². The van der Waals surface area contributed by atoms with Crippen LogP contribution in [0.25, 0.3) is 0 Å². The topological polar surface area (TPSA) is 46.6 Å². The number of hydrogen-bond donors (Lipinski definition) is 0. The van der Waals surface area contributed by atoms with E-state index in [1.165, 1.54) is 245 Å². The smallest absolute Gasteiger partial charge is 0.305 e.